The molecular formula is C16H28N4O. The highest BCUT2D eigenvalue weighted by molar-refractivity contribution is 5.79. The summed E-state index contributed by atoms with van der Waals surface area (Å²) in [4.78, 5) is 6.85. The van der Waals surface area contributed by atoms with Crippen LogP contribution in [0.3, 0.4) is 0 Å². The highest BCUT2D eigenvalue weighted by Crippen LogP contribution is 2.12. The molecule has 0 radical (unpaired) electrons. The zero-order valence-corrected chi connectivity index (χ0v) is 13.8. The fraction of sp³-hybridized carbons (Fsp3) is 0.625. The van der Waals surface area contributed by atoms with Crippen LogP contribution in [0.4, 0.5) is 0 Å². The zero-order valence-electron chi connectivity index (χ0n) is 13.8. The average Bonchev–Trinajstić information content (AvgIpc) is 2.78. The van der Waals surface area contributed by atoms with Crippen molar-refractivity contribution < 1.29 is 4.52 Å². The summed E-state index contributed by atoms with van der Waals surface area (Å²) in [5.41, 5.74) is 2.14. The molecule has 1 heterocycles. The molecule has 1 rings (SSSR count). The Morgan fingerprint density at radius 3 is 2.81 bits per heavy atom. The summed E-state index contributed by atoms with van der Waals surface area (Å²) in [6, 6.07) is 0. The summed E-state index contributed by atoms with van der Waals surface area (Å²) in [5, 5.41) is 7.31. The number of aryl methyl sites for hydroxylation is 2. The lowest BCUT2D eigenvalue weighted by Crippen LogP contribution is -2.39. The van der Waals surface area contributed by atoms with Gasteiger partial charge in [0.15, 0.2) is 5.96 Å². The quantitative estimate of drug-likeness (QED) is 0.346. The van der Waals surface area contributed by atoms with Gasteiger partial charge in [0.25, 0.3) is 0 Å². The molecule has 0 unspecified atom stereocenters. The molecule has 118 valence electrons. The van der Waals surface area contributed by atoms with E-state index in [9.17, 15) is 0 Å². The number of rotatable bonds is 8. The Kier molecular flexibility index (Phi) is 7.58. The molecule has 1 aromatic rings. The number of allylic oxidation sites excluding steroid dienone is 1. The van der Waals surface area contributed by atoms with Crippen molar-refractivity contribution in [2.45, 2.75) is 40.0 Å². The van der Waals surface area contributed by atoms with Crippen LogP contribution in [-0.2, 0) is 6.42 Å². The molecule has 0 aliphatic carbocycles. The molecule has 0 saturated heterocycles. The van der Waals surface area contributed by atoms with Gasteiger partial charge in [0.2, 0.25) is 0 Å². The van der Waals surface area contributed by atoms with Crippen molar-refractivity contribution >= 4 is 5.96 Å². The first kappa shape index (κ1) is 17.3. The fourth-order valence-corrected chi connectivity index (χ4v) is 2.18. The van der Waals surface area contributed by atoms with Crippen LogP contribution >= 0.6 is 0 Å². The van der Waals surface area contributed by atoms with Crippen LogP contribution in [0.1, 0.15) is 36.8 Å². The molecule has 0 aliphatic rings. The minimum atomic E-state index is 0.733. The van der Waals surface area contributed by atoms with Gasteiger partial charge in [-0.25, -0.2) is 0 Å². The molecule has 21 heavy (non-hydrogen) atoms. The van der Waals surface area contributed by atoms with E-state index in [1.165, 1.54) is 5.56 Å². The third kappa shape index (κ3) is 5.61. The first-order valence-electron chi connectivity index (χ1n) is 7.62. The third-order valence-corrected chi connectivity index (χ3v) is 3.40. The molecule has 1 N–H and O–H groups in total. The monoisotopic (exact) mass is 292 g/mol. The standard InChI is InChI=1S/C16H28N4O/c1-6-8-9-12-20(5)16(17-7-2)18-11-10-15-13(3)19-21-14(15)4/h6H,1,7-12H2,2-5H3,(H,17,18). The summed E-state index contributed by atoms with van der Waals surface area (Å²) >= 11 is 0. The molecule has 5 nitrogen and oxygen atoms in total. The van der Waals surface area contributed by atoms with Gasteiger partial charge in [0.05, 0.1) is 5.69 Å². The van der Waals surface area contributed by atoms with Crippen molar-refractivity contribution in [1.82, 2.24) is 15.4 Å². The predicted molar refractivity (Wildman–Crippen MR) is 87.7 cm³/mol. The Morgan fingerprint density at radius 1 is 1.48 bits per heavy atom. The molecule has 0 amide bonds. The van der Waals surface area contributed by atoms with E-state index in [2.05, 4.69) is 40.9 Å². The molecule has 0 saturated carbocycles. The lowest BCUT2D eigenvalue weighted by atomic mass is 10.1. The van der Waals surface area contributed by atoms with E-state index in [1.807, 2.05) is 19.9 Å². The van der Waals surface area contributed by atoms with Crippen LogP contribution in [0, 0.1) is 13.8 Å². The molecule has 0 fully saturated rings. The Bertz CT molecular complexity index is 445. The number of nitrogens with one attached hydrogen (secondary N) is 1. The summed E-state index contributed by atoms with van der Waals surface area (Å²) in [7, 11) is 2.07. The molecule has 1 aromatic heterocycles. The van der Waals surface area contributed by atoms with E-state index in [-0.39, 0.29) is 0 Å². The number of aliphatic imine (C=N–C) groups is 1. The maximum Gasteiger partial charge on any atom is 0.193 e. The number of hydrogen-bond acceptors (Lipinski definition) is 3. The molecule has 0 bridgehead atoms. The summed E-state index contributed by atoms with van der Waals surface area (Å²) in [6.45, 7) is 12.3. The highest BCUT2D eigenvalue weighted by atomic mass is 16.5. The zero-order chi connectivity index (χ0) is 15.7. The molecule has 0 atom stereocenters. The second-order valence-corrected chi connectivity index (χ2v) is 5.14. The Morgan fingerprint density at radius 2 is 2.24 bits per heavy atom. The first-order chi connectivity index (χ1) is 10.1. The van der Waals surface area contributed by atoms with Gasteiger partial charge in [-0.15, -0.1) is 6.58 Å². The number of aromatic nitrogens is 1. The molecule has 0 spiro atoms. The maximum atomic E-state index is 5.18. The number of guanidine groups is 1. The SMILES string of the molecule is C=CCCCN(C)C(=NCCc1c(C)noc1C)NCC. The Hall–Kier alpha value is -1.78. The minimum Gasteiger partial charge on any atom is -0.361 e. The van der Waals surface area contributed by atoms with Gasteiger partial charge in [0, 0.05) is 32.2 Å². The summed E-state index contributed by atoms with van der Waals surface area (Å²) in [5.74, 6) is 1.85. The van der Waals surface area contributed by atoms with Crippen molar-refractivity contribution in [2.75, 3.05) is 26.7 Å². The van der Waals surface area contributed by atoms with Crippen LogP contribution in [0.25, 0.3) is 0 Å². The maximum absolute atomic E-state index is 5.18. The van der Waals surface area contributed by atoms with Gasteiger partial charge >= 0.3 is 0 Å². The second kappa shape index (κ2) is 9.21. The topological polar surface area (TPSA) is 53.7 Å². The third-order valence-electron chi connectivity index (χ3n) is 3.40. The van der Waals surface area contributed by atoms with Gasteiger partial charge in [-0.3, -0.25) is 4.99 Å². The van der Waals surface area contributed by atoms with Crippen molar-refractivity contribution in [3.63, 3.8) is 0 Å². The van der Waals surface area contributed by atoms with Crippen LogP contribution < -0.4 is 5.32 Å². The molecule has 0 aromatic carbocycles. The summed E-state index contributed by atoms with van der Waals surface area (Å²) in [6.07, 6.45) is 4.93. The van der Waals surface area contributed by atoms with Crippen molar-refractivity contribution in [3.8, 4) is 0 Å². The van der Waals surface area contributed by atoms with Crippen LogP contribution in [0.2, 0.25) is 0 Å². The Balaban J connectivity index is 2.56. The molecule has 0 aliphatic heterocycles. The largest absolute Gasteiger partial charge is 0.361 e. The van der Waals surface area contributed by atoms with E-state index in [1.54, 1.807) is 0 Å². The van der Waals surface area contributed by atoms with Gasteiger partial charge in [-0.1, -0.05) is 11.2 Å². The van der Waals surface area contributed by atoms with Crippen molar-refractivity contribution in [1.29, 1.82) is 0 Å². The fourth-order valence-electron chi connectivity index (χ4n) is 2.18. The lowest BCUT2D eigenvalue weighted by Gasteiger charge is -2.21. The number of unbranched alkanes of at least 4 members (excludes halogenated alkanes) is 1. The van der Waals surface area contributed by atoms with E-state index in [0.717, 1.165) is 56.3 Å². The second-order valence-electron chi connectivity index (χ2n) is 5.14. The lowest BCUT2D eigenvalue weighted by molar-refractivity contribution is 0.392. The van der Waals surface area contributed by atoms with Crippen LogP contribution in [-0.4, -0.2) is 42.7 Å². The molecular weight excluding hydrogens is 264 g/mol. The number of nitrogens with zero attached hydrogens (tertiary/aromatic N) is 3. The van der Waals surface area contributed by atoms with E-state index < -0.39 is 0 Å². The summed E-state index contributed by atoms with van der Waals surface area (Å²) < 4.78 is 5.18. The Labute approximate surface area is 128 Å². The van der Waals surface area contributed by atoms with Crippen LogP contribution in [0.5, 0.6) is 0 Å². The molecule has 5 heteroatoms. The van der Waals surface area contributed by atoms with Gasteiger partial charge in [-0.2, -0.15) is 0 Å². The van der Waals surface area contributed by atoms with Crippen molar-refractivity contribution in [2.24, 2.45) is 4.99 Å². The average molecular weight is 292 g/mol. The van der Waals surface area contributed by atoms with Crippen molar-refractivity contribution in [3.05, 3.63) is 29.7 Å². The van der Waals surface area contributed by atoms with E-state index in [0.29, 0.717) is 0 Å². The highest BCUT2D eigenvalue weighted by Gasteiger charge is 2.09. The van der Waals surface area contributed by atoms with Gasteiger partial charge in [-0.05, 0) is 40.0 Å². The van der Waals surface area contributed by atoms with E-state index >= 15 is 0 Å². The minimum absolute atomic E-state index is 0.733. The first-order valence-corrected chi connectivity index (χ1v) is 7.62. The van der Waals surface area contributed by atoms with E-state index in [4.69, 9.17) is 4.52 Å². The number of hydrogen-bond donors (Lipinski definition) is 1. The van der Waals surface area contributed by atoms with Gasteiger partial charge < -0.3 is 14.7 Å². The van der Waals surface area contributed by atoms with Crippen LogP contribution in [0.15, 0.2) is 22.2 Å². The smallest absolute Gasteiger partial charge is 0.193 e. The predicted octanol–water partition coefficient (Wildman–Crippen LogP) is 2.70. The normalized spacial score (nSPS) is 11.5. The van der Waals surface area contributed by atoms with Gasteiger partial charge in [0.1, 0.15) is 5.76 Å².